The molecule has 0 bridgehead atoms. The normalized spacial score (nSPS) is 20.4. The van der Waals surface area contributed by atoms with Crippen molar-refractivity contribution in [2.24, 2.45) is 0 Å². The van der Waals surface area contributed by atoms with E-state index in [1.165, 1.54) is 7.11 Å². The van der Waals surface area contributed by atoms with Crippen LogP contribution in [-0.4, -0.2) is 55.2 Å². The first kappa shape index (κ1) is 13.2. The van der Waals surface area contributed by atoms with Crippen LogP contribution in [0, 0.1) is 0 Å². The number of carbonyl (C=O) groups excluding carboxylic acids is 2. The molecule has 1 fully saturated rings. The molecule has 1 rings (SSSR count). The number of likely N-dealkylation sites (tertiary alicyclic amines) is 1. The van der Waals surface area contributed by atoms with E-state index in [1.807, 2.05) is 0 Å². The average Bonchev–Trinajstić information content (AvgIpc) is 2.35. The SMILES string of the molecule is COC(=O)NCC(=O)N1CCCC(SC)C1. The van der Waals surface area contributed by atoms with E-state index in [2.05, 4.69) is 16.3 Å². The van der Waals surface area contributed by atoms with Gasteiger partial charge in [-0.25, -0.2) is 4.79 Å². The van der Waals surface area contributed by atoms with Gasteiger partial charge in [0.25, 0.3) is 0 Å². The summed E-state index contributed by atoms with van der Waals surface area (Å²) in [6.07, 6.45) is 3.70. The van der Waals surface area contributed by atoms with E-state index in [0.29, 0.717) is 5.25 Å². The molecule has 92 valence electrons. The molecule has 1 saturated heterocycles. The lowest BCUT2D eigenvalue weighted by atomic mass is 10.1. The number of ether oxygens (including phenoxy) is 1. The third-order valence-corrected chi connectivity index (χ3v) is 3.68. The van der Waals surface area contributed by atoms with Crippen LogP contribution in [0.4, 0.5) is 4.79 Å². The number of rotatable bonds is 3. The van der Waals surface area contributed by atoms with Crippen molar-refractivity contribution in [3.8, 4) is 0 Å². The number of hydrogen-bond donors (Lipinski definition) is 1. The van der Waals surface area contributed by atoms with Crippen molar-refractivity contribution in [3.63, 3.8) is 0 Å². The maximum atomic E-state index is 11.7. The number of nitrogens with one attached hydrogen (secondary N) is 1. The van der Waals surface area contributed by atoms with Gasteiger partial charge in [-0.05, 0) is 19.1 Å². The standard InChI is InChI=1S/C10H18N2O3S/c1-15-10(14)11-6-9(13)12-5-3-4-8(7-12)16-2/h8H,3-7H2,1-2H3,(H,11,14). The van der Waals surface area contributed by atoms with Crippen LogP contribution >= 0.6 is 11.8 Å². The fraction of sp³-hybridized carbons (Fsp3) is 0.800. The monoisotopic (exact) mass is 246 g/mol. The van der Waals surface area contributed by atoms with Crippen LogP contribution in [0.2, 0.25) is 0 Å². The van der Waals surface area contributed by atoms with Gasteiger partial charge in [0.2, 0.25) is 5.91 Å². The molecule has 1 atom stereocenters. The highest BCUT2D eigenvalue weighted by molar-refractivity contribution is 7.99. The van der Waals surface area contributed by atoms with Crippen LogP contribution in [0.1, 0.15) is 12.8 Å². The van der Waals surface area contributed by atoms with Gasteiger partial charge in [-0.15, -0.1) is 0 Å². The van der Waals surface area contributed by atoms with Crippen molar-refractivity contribution in [2.45, 2.75) is 18.1 Å². The molecule has 1 aliphatic rings. The molecular weight excluding hydrogens is 228 g/mol. The second-order valence-corrected chi connectivity index (χ2v) is 4.82. The Hall–Kier alpha value is -0.910. The topological polar surface area (TPSA) is 58.6 Å². The summed E-state index contributed by atoms with van der Waals surface area (Å²) in [5.74, 6) is -0.0378. The first-order valence-corrected chi connectivity index (χ1v) is 6.58. The van der Waals surface area contributed by atoms with Crippen LogP contribution in [0.25, 0.3) is 0 Å². The molecule has 1 unspecified atom stereocenters. The molecule has 16 heavy (non-hydrogen) atoms. The number of amides is 2. The summed E-state index contributed by atoms with van der Waals surface area (Å²) in [6.45, 7) is 1.59. The van der Waals surface area contributed by atoms with Gasteiger partial charge in [0, 0.05) is 18.3 Å². The third kappa shape index (κ3) is 3.92. The Bertz CT molecular complexity index is 260. The van der Waals surface area contributed by atoms with Crippen molar-refractivity contribution < 1.29 is 14.3 Å². The Morgan fingerprint density at radius 1 is 1.56 bits per heavy atom. The van der Waals surface area contributed by atoms with Gasteiger partial charge in [0.1, 0.15) is 6.54 Å². The molecule has 0 spiro atoms. The quantitative estimate of drug-likeness (QED) is 0.796. The lowest BCUT2D eigenvalue weighted by Gasteiger charge is -2.31. The largest absolute Gasteiger partial charge is 0.453 e. The lowest BCUT2D eigenvalue weighted by molar-refractivity contribution is -0.130. The first-order valence-electron chi connectivity index (χ1n) is 5.29. The minimum atomic E-state index is -0.563. The van der Waals surface area contributed by atoms with Gasteiger partial charge >= 0.3 is 6.09 Å². The molecule has 1 N–H and O–H groups in total. The molecular formula is C10H18N2O3S. The fourth-order valence-corrected chi connectivity index (χ4v) is 2.42. The Kier molecular flexibility index (Phi) is 5.45. The predicted molar refractivity (Wildman–Crippen MR) is 63.5 cm³/mol. The van der Waals surface area contributed by atoms with Crippen LogP contribution in [0.15, 0.2) is 0 Å². The zero-order chi connectivity index (χ0) is 12.0. The van der Waals surface area contributed by atoms with Gasteiger partial charge in [-0.1, -0.05) is 0 Å². The third-order valence-electron chi connectivity index (χ3n) is 2.63. The number of thioether (sulfide) groups is 1. The van der Waals surface area contributed by atoms with Crippen LogP contribution in [-0.2, 0) is 9.53 Å². The molecule has 0 aliphatic carbocycles. The number of carbonyl (C=O) groups is 2. The van der Waals surface area contributed by atoms with E-state index < -0.39 is 6.09 Å². The van der Waals surface area contributed by atoms with E-state index in [9.17, 15) is 9.59 Å². The maximum absolute atomic E-state index is 11.7. The summed E-state index contributed by atoms with van der Waals surface area (Å²) in [7, 11) is 1.28. The number of alkyl carbamates (subject to hydrolysis) is 1. The predicted octanol–water partition coefficient (Wildman–Crippen LogP) is 0.696. The molecule has 2 amide bonds. The van der Waals surface area contributed by atoms with Gasteiger partial charge < -0.3 is 15.0 Å². The summed E-state index contributed by atoms with van der Waals surface area (Å²) in [6, 6.07) is 0. The Labute approximate surface area is 99.9 Å². The number of hydrogen-bond acceptors (Lipinski definition) is 4. The zero-order valence-corrected chi connectivity index (χ0v) is 10.5. The van der Waals surface area contributed by atoms with Crippen molar-refractivity contribution in [3.05, 3.63) is 0 Å². The zero-order valence-electron chi connectivity index (χ0n) is 9.69. The summed E-state index contributed by atoms with van der Waals surface area (Å²) in [5.41, 5.74) is 0. The number of piperidine rings is 1. The first-order chi connectivity index (χ1) is 7.67. The summed E-state index contributed by atoms with van der Waals surface area (Å²) in [4.78, 5) is 24.3. The van der Waals surface area contributed by atoms with Gasteiger partial charge in [0.05, 0.1) is 7.11 Å². The highest BCUT2D eigenvalue weighted by Crippen LogP contribution is 2.19. The summed E-state index contributed by atoms with van der Waals surface area (Å²) >= 11 is 1.79. The molecule has 0 aromatic heterocycles. The van der Waals surface area contributed by atoms with Crippen molar-refractivity contribution in [1.82, 2.24) is 10.2 Å². The molecule has 0 saturated carbocycles. The molecule has 0 aromatic carbocycles. The van der Waals surface area contributed by atoms with Crippen LogP contribution < -0.4 is 5.32 Å². The Balaban J connectivity index is 2.32. The molecule has 1 heterocycles. The number of nitrogens with zero attached hydrogens (tertiary/aromatic N) is 1. The molecule has 1 aliphatic heterocycles. The number of methoxy groups -OCH3 is 1. The van der Waals surface area contributed by atoms with E-state index in [0.717, 1.165) is 25.9 Å². The second kappa shape index (κ2) is 6.62. The average molecular weight is 246 g/mol. The minimum absolute atomic E-state index is 0.0216. The smallest absolute Gasteiger partial charge is 0.407 e. The second-order valence-electron chi connectivity index (χ2n) is 3.68. The highest BCUT2D eigenvalue weighted by Gasteiger charge is 2.22. The lowest BCUT2D eigenvalue weighted by Crippen LogP contribution is -2.45. The summed E-state index contributed by atoms with van der Waals surface area (Å²) in [5, 5.41) is 2.93. The molecule has 5 nitrogen and oxygen atoms in total. The van der Waals surface area contributed by atoms with Gasteiger partial charge in [0.15, 0.2) is 0 Å². The van der Waals surface area contributed by atoms with Crippen molar-refractivity contribution in [1.29, 1.82) is 0 Å². The molecule has 6 heteroatoms. The Morgan fingerprint density at radius 2 is 2.31 bits per heavy atom. The van der Waals surface area contributed by atoms with Crippen LogP contribution in [0.5, 0.6) is 0 Å². The fourth-order valence-electron chi connectivity index (χ4n) is 1.69. The van der Waals surface area contributed by atoms with E-state index in [1.54, 1.807) is 16.7 Å². The minimum Gasteiger partial charge on any atom is -0.453 e. The molecule has 0 radical (unpaired) electrons. The van der Waals surface area contributed by atoms with Crippen molar-refractivity contribution in [2.75, 3.05) is 33.0 Å². The summed E-state index contributed by atoms with van der Waals surface area (Å²) < 4.78 is 4.41. The van der Waals surface area contributed by atoms with E-state index in [4.69, 9.17) is 0 Å². The maximum Gasteiger partial charge on any atom is 0.407 e. The molecule has 0 aromatic rings. The van der Waals surface area contributed by atoms with E-state index in [-0.39, 0.29) is 12.5 Å². The van der Waals surface area contributed by atoms with Gasteiger partial charge in [-0.3, -0.25) is 4.79 Å². The van der Waals surface area contributed by atoms with Crippen LogP contribution in [0.3, 0.4) is 0 Å². The van der Waals surface area contributed by atoms with E-state index >= 15 is 0 Å². The highest BCUT2D eigenvalue weighted by atomic mass is 32.2. The Morgan fingerprint density at radius 3 is 2.94 bits per heavy atom. The van der Waals surface area contributed by atoms with Gasteiger partial charge in [-0.2, -0.15) is 11.8 Å². The van der Waals surface area contributed by atoms with Crippen molar-refractivity contribution >= 4 is 23.8 Å².